The maximum atomic E-state index is 4.68. The fourth-order valence-corrected chi connectivity index (χ4v) is 3.19. The third-order valence-electron chi connectivity index (χ3n) is 4.49. The van der Waals surface area contributed by atoms with E-state index in [-0.39, 0.29) is 0 Å². The van der Waals surface area contributed by atoms with Gasteiger partial charge in [0.15, 0.2) is 0 Å². The van der Waals surface area contributed by atoms with Gasteiger partial charge in [0, 0.05) is 71.3 Å². The summed E-state index contributed by atoms with van der Waals surface area (Å²) in [5.41, 5.74) is 1.30. The van der Waals surface area contributed by atoms with Gasteiger partial charge >= 0.3 is 0 Å². The van der Waals surface area contributed by atoms with Crippen molar-refractivity contribution in [2.45, 2.75) is 32.9 Å². The minimum absolute atomic E-state index is 0.766. The summed E-state index contributed by atoms with van der Waals surface area (Å²) in [6.07, 6.45) is 8.30. The van der Waals surface area contributed by atoms with Crippen LogP contribution >= 0.6 is 0 Å². The summed E-state index contributed by atoms with van der Waals surface area (Å²) in [4.78, 5) is 15.8. The summed E-state index contributed by atoms with van der Waals surface area (Å²) >= 11 is 0. The van der Waals surface area contributed by atoms with Crippen molar-refractivity contribution < 1.29 is 0 Å². The highest BCUT2D eigenvalue weighted by molar-refractivity contribution is 5.43. The minimum Gasteiger partial charge on any atom is -0.355 e. The highest BCUT2D eigenvalue weighted by atomic mass is 15.3. The highest BCUT2D eigenvalue weighted by Crippen LogP contribution is 2.17. The standard InChI is InChI=1S/C18H29N7/c1-4-8-25-15-16(13-20-25)14-23-9-5-10-24(12-11-23)17-6-7-19-18(21-17)22(2)3/h6-7,13,15H,4-5,8-12,14H2,1-3H3. The molecule has 0 radical (unpaired) electrons. The average Bonchev–Trinajstić information content (AvgIpc) is 2.91. The Hall–Kier alpha value is -2.15. The number of hydrogen-bond acceptors (Lipinski definition) is 6. The number of aryl methyl sites for hydroxylation is 1. The van der Waals surface area contributed by atoms with E-state index in [0.29, 0.717) is 0 Å². The summed E-state index contributed by atoms with van der Waals surface area (Å²) in [5, 5.41) is 4.44. The zero-order chi connectivity index (χ0) is 17.6. The molecule has 0 unspecified atom stereocenters. The molecule has 3 heterocycles. The Morgan fingerprint density at radius 2 is 2.04 bits per heavy atom. The zero-order valence-electron chi connectivity index (χ0n) is 15.6. The lowest BCUT2D eigenvalue weighted by atomic mass is 10.3. The molecular formula is C18H29N7. The van der Waals surface area contributed by atoms with Gasteiger partial charge in [-0.1, -0.05) is 6.92 Å². The third-order valence-corrected chi connectivity index (χ3v) is 4.49. The molecule has 0 aromatic carbocycles. The molecule has 136 valence electrons. The second kappa shape index (κ2) is 8.29. The summed E-state index contributed by atoms with van der Waals surface area (Å²) in [6.45, 7) is 8.34. The molecule has 0 atom stereocenters. The van der Waals surface area contributed by atoms with E-state index in [2.05, 4.69) is 38.0 Å². The lowest BCUT2D eigenvalue weighted by molar-refractivity contribution is 0.285. The third kappa shape index (κ3) is 4.69. The molecule has 0 saturated carbocycles. The van der Waals surface area contributed by atoms with Gasteiger partial charge in [-0.3, -0.25) is 9.58 Å². The molecule has 25 heavy (non-hydrogen) atoms. The van der Waals surface area contributed by atoms with Gasteiger partial charge in [0.2, 0.25) is 5.95 Å². The van der Waals surface area contributed by atoms with Gasteiger partial charge in [0.05, 0.1) is 6.20 Å². The molecule has 1 aliphatic rings. The van der Waals surface area contributed by atoms with Crippen molar-refractivity contribution in [2.75, 3.05) is 50.1 Å². The number of anilines is 2. The normalized spacial score (nSPS) is 16.0. The predicted octanol–water partition coefficient (Wildman–Crippen LogP) is 1.86. The smallest absolute Gasteiger partial charge is 0.226 e. The predicted molar refractivity (Wildman–Crippen MR) is 101 cm³/mol. The Labute approximate surface area is 150 Å². The van der Waals surface area contributed by atoms with Crippen LogP contribution in [0, 0.1) is 0 Å². The monoisotopic (exact) mass is 343 g/mol. The fraction of sp³-hybridized carbons (Fsp3) is 0.611. The second-order valence-electron chi connectivity index (χ2n) is 6.84. The lowest BCUT2D eigenvalue weighted by Gasteiger charge is -2.23. The molecule has 1 aliphatic heterocycles. The molecule has 0 N–H and O–H groups in total. The van der Waals surface area contributed by atoms with Crippen molar-refractivity contribution in [3.63, 3.8) is 0 Å². The Bertz CT molecular complexity index is 667. The molecule has 0 spiro atoms. The van der Waals surface area contributed by atoms with Crippen molar-refractivity contribution in [2.24, 2.45) is 0 Å². The number of rotatable bonds is 6. The van der Waals surface area contributed by atoms with E-state index in [1.165, 1.54) is 5.56 Å². The van der Waals surface area contributed by atoms with Crippen LogP contribution in [0.5, 0.6) is 0 Å². The lowest BCUT2D eigenvalue weighted by Crippen LogP contribution is -2.31. The van der Waals surface area contributed by atoms with Crippen molar-refractivity contribution in [3.8, 4) is 0 Å². The maximum absolute atomic E-state index is 4.68. The maximum Gasteiger partial charge on any atom is 0.226 e. The van der Waals surface area contributed by atoms with E-state index in [1.807, 2.05) is 42.1 Å². The van der Waals surface area contributed by atoms with E-state index >= 15 is 0 Å². The van der Waals surface area contributed by atoms with Crippen LogP contribution in [0.2, 0.25) is 0 Å². The van der Waals surface area contributed by atoms with E-state index in [0.717, 1.165) is 63.9 Å². The summed E-state index contributed by atoms with van der Waals surface area (Å²) < 4.78 is 2.04. The number of nitrogens with zero attached hydrogens (tertiary/aromatic N) is 7. The molecule has 0 bridgehead atoms. The van der Waals surface area contributed by atoms with Crippen LogP contribution in [0.1, 0.15) is 25.3 Å². The molecule has 2 aromatic rings. The average molecular weight is 343 g/mol. The van der Waals surface area contributed by atoms with E-state index in [1.54, 1.807) is 0 Å². The van der Waals surface area contributed by atoms with Crippen LogP contribution < -0.4 is 9.80 Å². The highest BCUT2D eigenvalue weighted by Gasteiger charge is 2.17. The van der Waals surface area contributed by atoms with Crippen molar-refractivity contribution in [1.82, 2.24) is 24.6 Å². The Morgan fingerprint density at radius 3 is 2.84 bits per heavy atom. The van der Waals surface area contributed by atoms with Crippen molar-refractivity contribution >= 4 is 11.8 Å². The summed E-state index contributed by atoms with van der Waals surface area (Å²) in [6, 6.07) is 2.01. The largest absolute Gasteiger partial charge is 0.355 e. The number of hydrogen-bond donors (Lipinski definition) is 0. The van der Waals surface area contributed by atoms with E-state index < -0.39 is 0 Å². The first-order chi connectivity index (χ1) is 12.2. The summed E-state index contributed by atoms with van der Waals surface area (Å²) in [7, 11) is 3.95. The van der Waals surface area contributed by atoms with Crippen molar-refractivity contribution in [1.29, 1.82) is 0 Å². The van der Waals surface area contributed by atoms with Crippen molar-refractivity contribution in [3.05, 3.63) is 30.2 Å². The minimum atomic E-state index is 0.766. The second-order valence-corrected chi connectivity index (χ2v) is 6.84. The first-order valence-electron chi connectivity index (χ1n) is 9.14. The topological polar surface area (TPSA) is 53.3 Å². The molecule has 0 aliphatic carbocycles. The van der Waals surface area contributed by atoms with Gasteiger partial charge < -0.3 is 9.80 Å². The molecule has 7 heteroatoms. The zero-order valence-corrected chi connectivity index (χ0v) is 15.6. The fourth-order valence-electron chi connectivity index (χ4n) is 3.19. The van der Waals surface area contributed by atoms with Gasteiger partial charge in [-0.15, -0.1) is 0 Å². The van der Waals surface area contributed by atoms with Gasteiger partial charge in [-0.2, -0.15) is 10.1 Å². The van der Waals surface area contributed by atoms with Gasteiger partial charge in [0.25, 0.3) is 0 Å². The molecule has 7 nitrogen and oxygen atoms in total. The van der Waals surface area contributed by atoms with Crippen LogP contribution in [0.4, 0.5) is 11.8 Å². The van der Waals surface area contributed by atoms with Crippen LogP contribution in [0.3, 0.4) is 0 Å². The summed E-state index contributed by atoms with van der Waals surface area (Å²) in [5.74, 6) is 1.79. The Kier molecular flexibility index (Phi) is 5.86. The van der Waals surface area contributed by atoms with Crippen LogP contribution in [-0.4, -0.2) is 64.9 Å². The number of aromatic nitrogens is 4. The first kappa shape index (κ1) is 17.7. The molecule has 0 amide bonds. The molecule has 1 saturated heterocycles. The molecule has 1 fully saturated rings. The first-order valence-corrected chi connectivity index (χ1v) is 9.14. The SMILES string of the molecule is CCCn1cc(CN2CCCN(c3ccnc(N(C)C)n3)CC2)cn1. The van der Waals surface area contributed by atoms with E-state index in [4.69, 9.17) is 0 Å². The molecule has 2 aromatic heterocycles. The van der Waals surface area contributed by atoms with Crippen LogP contribution in [0.15, 0.2) is 24.7 Å². The molecule has 3 rings (SSSR count). The quantitative estimate of drug-likeness (QED) is 0.798. The van der Waals surface area contributed by atoms with Crippen LogP contribution in [-0.2, 0) is 13.1 Å². The van der Waals surface area contributed by atoms with Gasteiger partial charge in [0.1, 0.15) is 5.82 Å². The molecular weight excluding hydrogens is 314 g/mol. The Balaban J connectivity index is 1.59. The van der Waals surface area contributed by atoms with Gasteiger partial charge in [-0.05, 0) is 18.9 Å². The Morgan fingerprint density at radius 1 is 1.16 bits per heavy atom. The van der Waals surface area contributed by atoms with Crippen LogP contribution in [0.25, 0.3) is 0 Å². The van der Waals surface area contributed by atoms with Gasteiger partial charge in [-0.25, -0.2) is 4.98 Å². The van der Waals surface area contributed by atoms with E-state index in [9.17, 15) is 0 Å².